The Bertz CT molecular complexity index is 682. The zero-order valence-corrected chi connectivity index (χ0v) is 11.6. The van der Waals surface area contributed by atoms with E-state index in [0.717, 1.165) is 35.7 Å². The summed E-state index contributed by atoms with van der Waals surface area (Å²) < 4.78 is 1.04. The summed E-state index contributed by atoms with van der Waals surface area (Å²) in [5.74, 6) is -0.153. The zero-order chi connectivity index (χ0) is 13.7. The van der Waals surface area contributed by atoms with Gasteiger partial charge in [0.15, 0.2) is 0 Å². The Morgan fingerprint density at radius 2 is 2.35 bits per heavy atom. The topological polar surface area (TPSA) is 78.3 Å². The van der Waals surface area contributed by atoms with Crippen LogP contribution in [0.1, 0.15) is 0 Å². The Hall–Kier alpha value is -1.73. The number of hydrogen-bond donors (Lipinski definition) is 2. The van der Waals surface area contributed by atoms with Gasteiger partial charge < -0.3 is 15.3 Å². The van der Waals surface area contributed by atoms with Crippen LogP contribution in [0, 0.1) is 11.3 Å². The molecule has 4 rings (SSSR count). The second kappa shape index (κ2) is 4.13. The number of anilines is 1. The van der Waals surface area contributed by atoms with Crippen LogP contribution in [0.4, 0.5) is 5.82 Å². The molecule has 2 aliphatic heterocycles. The third kappa shape index (κ3) is 1.56. The standard InChI is InChI=1S/C13H14N4O2S/c18-12(19)8-3-17(6-13(8)4-14-5-13)11-10-9(1-2-15-11)16-7-20-10/h1-2,7-8,14H,3-6H2,(H,18,19). The van der Waals surface area contributed by atoms with E-state index in [0.29, 0.717) is 6.54 Å². The molecule has 104 valence electrons. The van der Waals surface area contributed by atoms with Crippen molar-refractivity contribution < 1.29 is 9.90 Å². The van der Waals surface area contributed by atoms with Crippen LogP contribution in [-0.2, 0) is 4.79 Å². The maximum Gasteiger partial charge on any atom is 0.309 e. The maximum atomic E-state index is 11.5. The summed E-state index contributed by atoms with van der Waals surface area (Å²) in [6.45, 7) is 2.83. The first-order chi connectivity index (χ1) is 9.70. The molecule has 2 fully saturated rings. The van der Waals surface area contributed by atoms with Crippen LogP contribution in [0.2, 0.25) is 0 Å². The predicted octanol–water partition coefficient (Wildman–Crippen LogP) is 0.802. The molecule has 20 heavy (non-hydrogen) atoms. The summed E-state index contributed by atoms with van der Waals surface area (Å²) in [6.07, 6.45) is 1.75. The van der Waals surface area contributed by atoms with E-state index < -0.39 is 5.97 Å². The Morgan fingerprint density at radius 3 is 3.00 bits per heavy atom. The Kier molecular flexibility index (Phi) is 2.49. The van der Waals surface area contributed by atoms with Gasteiger partial charge in [-0.3, -0.25) is 4.79 Å². The lowest BCUT2D eigenvalue weighted by Crippen LogP contribution is -2.59. The minimum Gasteiger partial charge on any atom is -0.481 e. The fourth-order valence-electron chi connectivity index (χ4n) is 3.28. The minimum atomic E-state index is -0.703. The zero-order valence-electron chi connectivity index (χ0n) is 10.7. The van der Waals surface area contributed by atoms with Gasteiger partial charge in [0.25, 0.3) is 0 Å². The van der Waals surface area contributed by atoms with Crippen molar-refractivity contribution in [2.75, 3.05) is 31.1 Å². The summed E-state index contributed by atoms with van der Waals surface area (Å²) >= 11 is 1.56. The quantitative estimate of drug-likeness (QED) is 0.852. The van der Waals surface area contributed by atoms with Crippen molar-refractivity contribution in [2.45, 2.75) is 0 Å². The van der Waals surface area contributed by atoms with Gasteiger partial charge in [0.2, 0.25) is 0 Å². The molecule has 4 heterocycles. The largest absolute Gasteiger partial charge is 0.481 e. The lowest BCUT2D eigenvalue weighted by Gasteiger charge is -2.41. The lowest BCUT2D eigenvalue weighted by molar-refractivity contribution is -0.145. The van der Waals surface area contributed by atoms with Gasteiger partial charge in [-0.05, 0) is 6.07 Å². The van der Waals surface area contributed by atoms with Crippen LogP contribution in [0.15, 0.2) is 17.8 Å². The number of carboxylic acid groups (broad SMARTS) is 1. The molecular formula is C13H14N4O2S. The van der Waals surface area contributed by atoms with Crippen LogP contribution in [0.5, 0.6) is 0 Å². The van der Waals surface area contributed by atoms with Crippen LogP contribution in [0.3, 0.4) is 0 Å². The highest BCUT2D eigenvalue weighted by molar-refractivity contribution is 7.17. The predicted molar refractivity (Wildman–Crippen MR) is 76.1 cm³/mol. The van der Waals surface area contributed by atoms with Crippen LogP contribution in [0.25, 0.3) is 10.2 Å². The molecule has 2 aliphatic rings. The molecule has 1 spiro atoms. The van der Waals surface area contributed by atoms with Crippen molar-refractivity contribution in [1.82, 2.24) is 15.3 Å². The number of aromatic nitrogens is 2. The maximum absolute atomic E-state index is 11.5. The Labute approximate surface area is 119 Å². The van der Waals surface area contributed by atoms with Gasteiger partial charge in [-0.25, -0.2) is 9.97 Å². The van der Waals surface area contributed by atoms with Gasteiger partial charge in [-0.1, -0.05) is 0 Å². The summed E-state index contributed by atoms with van der Waals surface area (Å²) in [6, 6.07) is 1.89. The third-order valence-electron chi connectivity index (χ3n) is 4.43. The number of hydrogen-bond acceptors (Lipinski definition) is 6. The average molecular weight is 290 g/mol. The van der Waals surface area contributed by atoms with E-state index in [1.54, 1.807) is 23.0 Å². The summed E-state index contributed by atoms with van der Waals surface area (Å²) in [5.41, 5.74) is 2.60. The van der Waals surface area contributed by atoms with Crippen molar-refractivity contribution in [2.24, 2.45) is 11.3 Å². The van der Waals surface area contributed by atoms with Crippen molar-refractivity contribution in [3.05, 3.63) is 17.8 Å². The molecule has 0 amide bonds. The molecule has 7 heteroatoms. The van der Waals surface area contributed by atoms with Gasteiger partial charge in [0, 0.05) is 37.8 Å². The molecule has 0 radical (unpaired) electrons. The van der Waals surface area contributed by atoms with Crippen LogP contribution in [-0.4, -0.2) is 47.2 Å². The third-order valence-corrected chi connectivity index (χ3v) is 5.27. The van der Waals surface area contributed by atoms with Gasteiger partial charge in [0.05, 0.1) is 21.6 Å². The first kappa shape index (κ1) is 12.0. The summed E-state index contributed by atoms with van der Waals surface area (Å²) in [5, 5.41) is 12.7. The van der Waals surface area contributed by atoms with Crippen LogP contribution >= 0.6 is 11.3 Å². The molecule has 2 aromatic heterocycles. The SMILES string of the molecule is O=C(O)C1CN(c2nccc3ncsc23)CC12CNC2. The smallest absolute Gasteiger partial charge is 0.309 e. The van der Waals surface area contributed by atoms with Crippen molar-refractivity contribution in [3.63, 3.8) is 0 Å². The molecule has 1 atom stereocenters. The fraction of sp³-hybridized carbons (Fsp3) is 0.462. The summed E-state index contributed by atoms with van der Waals surface area (Å²) in [4.78, 5) is 22.4. The van der Waals surface area contributed by atoms with E-state index >= 15 is 0 Å². The average Bonchev–Trinajstić information content (AvgIpc) is 3.01. The molecule has 0 aromatic carbocycles. The molecule has 6 nitrogen and oxygen atoms in total. The number of aliphatic carboxylic acids is 1. The van der Waals surface area contributed by atoms with E-state index in [1.807, 2.05) is 6.07 Å². The van der Waals surface area contributed by atoms with Crippen molar-refractivity contribution in [3.8, 4) is 0 Å². The number of carboxylic acids is 1. The molecule has 2 N–H and O–H groups in total. The van der Waals surface area contributed by atoms with E-state index in [9.17, 15) is 9.90 Å². The second-order valence-electron chi connectivity index (χ2n) is 5.57. The molecular weight excluding hydrogens is 276 g/mol. The fourth-order valence-corrected chi connectivity index (χ4v) is 4.08. The van der Waals surface area contributed by atoms with E-state index in [2.05, 4.69) is 20.2 Å². The van der Waals surface area contributed by atoms with Gasteiger partial charge in [-0.2, -0.15) is 0 Å². The normalized spacial score (nSPS) is 24.2. The number of rotatable bonds is 2. The highest BCUT2D eigenvalue weighted by Crippen LogP contribution is 2.42. The molecule has 1 unspecified atom stereocenters. The van der Waals surface area contributed by atoms with Gasteiger partial charge in [-0.15, -0.1) is 11.3 Å². The highest BCUT2D eigenvalue weighted by atomic mass is 32.1. The van der Waals surface area contributed by atoms with Crippen molar-refractivity contribution in [1.29, 1.82) is 0 Å². The second-order valence-corrected chi connectivity index (χ2v) is 6.43. The number of fused-ring (bicyclic) bond motifs is 1. The lowest BCUT2D eigenvalue weighted by atomic mass is 9.73. The minimum absolute atomic E-state index is 0.139. The first-order valence-electron chi connectivity index (χ1n) is 6.56. The molecule has 2 aromatic rings. The van der Waals surface area contributed by atoms with Gasteiger partial charge in [0.1, 0.15) is 5.82 Å². The van der Waals surface area contributed by atoms with Crippen molar-refractivity contribution >= 4 is 33.3 Å². The molecule has 0 bridgehead atoms. The Morgan fingerprint density at radius 1 is 1.50 bits per heavy atom. The van der Waals surface area contributed by atoms with Gasteiger partial charge >= 0.3 is 5.97 Å². The monoisotopic (exact) mass is 290 g/mol. The van der Waals surface area contributed by atoms with E-state index in [4.69, 9.17) is 0 Å². The van der Waals surface area contributed by atoms with E-state index in [1.165, 1.54) is 0 Å². The number of carbonyl (C=O) groups is 1. The number of thiazole rings is 1. The number of pyridine rings is 1. The molecule has 0 aliphatic carbocycles. The number of nitrogens with zero attached hydrogens (tertiary/aromatic N) is 3. The Balaban J connectivity index is 1.73. The van der Waals surface area contributed by atoms with Crippen LogP contribution < -0.4 is 10.2 Å². The molecule has 0 saturated carbocycles. The van der Waals surface area contributed by atoms with E-state index in [-0.39, 0.29) is 11.3 Å². The first-order valence-corrected chi connectivity index (χ1v) is 7.44. The summed E-state index contributed by atoms with van der Waals surface area (Å²) in [7, 11) is 0. The number of nitrogens with one attached hydrogen (secondary N) is 1. The highest BCUT2D eigenvalue weighted by Gasteiger charge is 2.54. The molecule has 2 saturated heterocycles.